The van der Waals surface area contributed by atoms with Gasteiger partial charge in [-0.2, -0.15) is 5.10 Å². The van der Waals surface area contributed by atoms with Crippen LogP contribution < -0.4 is 0 Å². The Balaban J connectivity index is 2.28. The topological polar surface area (TPSA) is 34.9 Å². The molecule has 0 aliphatic rings. The number of hydrogen-bond donors (Lipinski definition) is 0. The second kappa shape index (κ2) is 5.65. The fourth-order valence-corrected chi connectivity index (χ4v) is 2.39. The van der Waals surface area contributed by atoms with Crippen LogP contribution in [-0.4, -0.2) is 15.6 Å². The number of Topliss-reactive ketones (excluding diaryl/α,β-unsaturated/α-hetero) is 1. The maximum Gasteiger partial charge on any atom is 0.170 e. The van der Waals surface area contributed by atoms with E-state index in [1.807, 2.05) is 6.92 Å². The van der Waals surface area contributed by atoms with Crippen molar-refractivity contribution in [3.05, 3.63) is 51.5 Å². The number of benzene rings is 1. The van der Waals surface area contributed by atoms with Gasteiger partial charge in [0.15, 0.2) is 5.78 Å². The Morgan fingerprint density at radius 1 is 1.47 bits per heavy atom. The van der Waals surface area contributed by atoms with Crippen LogP contribution in [0.15, 0.2) is 28.9 Å². The Hall–Kier alpha value is -1.49. The van der Waals surface area contributed by atoms with Crippen LogP contribution in [0.3, 0.4) is 0 Å². The van der Waals surface area contributed by atoms with Crippen LogP contribution in [-0.2, 0) is 19.9 Å². The van der Waals surface area contributed by atoms with Gasteiger partial charge in [-0.05, 0) is 34.0 Å². The summed E-state index contributed by atoms with van der Waals surface area (Å²) in [5.41, 5.74) is 2.04. The summed E-state index contributed by atoms with van der Waals surface area (Å²) in [4.78, 5) is 12.3. The summed E-state index contributed by atoms with van der Waals surface area (Å²) in [6.07, 6.45) is 2.58. The van der Waals surface area contributed by atoms with Gasteiger partial charge >= 0.3 is 0 Å². The molecule has 0 aliphatic carbocycles. The number of rotatable bonds is 4. The minimum atomic E-state index is -0.354. The lowest BCUT2D eigenvalue weighted by atomic mass is 10.0. The molecule has 0 aliphatic heterocycles. The van der Waals surface area contributed by atoms with Crippen LogP contribution in [0.25, 0.3) is 0 Å². The lowest BCUT2D eigenvalue weighted by Gasteiger charge is -2.04. The number of carbonyl (C=O) groups excluding carboxylic acids is 1. The van der Waals surface area contributed by atoms with Crippen molar-refractivity contribution in [3.8, 4) is 0 Å². The molecule has 0 saturated heterocycles. The fraction of sp³-hybridized carbons (Fsp3) is 0.286. The van der Waals surface area contributed by atoms with E-state index in [2.05, 4.69) is 21.0 Å². The summed E-state index contributed by atoms with van der Waals surface area (Å²) in [5.74, 6) is -0.400. The molecule has 0 radical (unpaired) electrons. The summed E-state index contributed by atoms with van der Waals surface area (Å²) >= 11 is 3.17. The highest BCUT2D eigenvalue weighted by atomic mass is 79.9. The van der Waals surface area contributed by atoms with Gasteiger partial charge in [-0.3, -0.25) is 9.48 Å². The van der Waals surface area contributed by atoms with E-state index in [0.717, 1.165) is 5.69 Å². The Morgan fingerprint density at radius 2 is 2.21 bits per heavy atom. The lowest BCUT2D eigenvalue weighted by molar-refractivity contribution is 0.0992. The summed E-state index contributed by atoms with van der Waals surface area (Å²) in [7, 11) is 1.79. The van der Waals surface area contributed by atoms with Gasteiger partial charge in [0.2, 0.25) is 0 Å². The Labute approximate surface area is 119 Å². The third-order valence-corrected chi connectivity index (χ3v) is 3.81. The first-order valence-corrected chi connectivity index (χ1v) is 6.80. The first-order chi connectivity index (χ1) is 9.02. The molecule has 0 spiro atoms. The molecule has 2 rings (SSSR count). The average Bonchev–Trinajstić information content (AvgIpc) is 2.76. The van der Waals surface area contributed by atoms with Crippen LogP contribution >= 0.6 is 15.9 Å². The van der Waals surface area contributed by atoms with Crippen LogP contribution in [0.4, 0.5) is 4.39 Å². The number of aromatic nitrogens is 2. The van der Waals surface area contributed by atoms with E-state index in [1.54, 1.807) is 30.1 Å². The molecule has 5 heteroatoms. The standard InChI is InChI=1S/C14H14BrFN2O/c1-3-12-10(8-18(2)17-12)13(19)7-9-5-4-6-11(16)14(9)15/h4-6,8H,3,7H2,1-2H3. The Bertz CT molecular complexity index is 622. The summed E-state index contributed by atoms with van der Waals surface area (Å²) < 4.78 is 15.4. The smallest absolute Gasteiger partial charge is 0.170 e. The van der Waals surface area contributed by atoms with E-state index in [4.69, 9.17) is 0 Å². The van der Waals surface area contributed by atoms with Crippen molar-refractivity contribution in [2.24, 2.45) is 7.05 Å². The monoisotopic (exact) mass is 324 g/mol. The van der Waals surface area contributed by atoms with Gasteiger partial charge < -0.3 is 0 Å². The quantitative estimate of drug-likeness (QED) is 0.809. The summed E-state index contributed by atoms with van der Waals surface area (Å²) in [6.45, 7) is 1.96. The van der Waals surface area contributed by atoms with E-state index < -0.39 is 0 Å². The van der Waals surface area contributed by atoms with Gasteiger partial charge in [-0.15, -0.1) is 0 Å². The molecule has 0 bridgehead atoms. The van der Waals surface area contributed by atoms with Crippen molar-refractivity contribution in [1.29, 1.82) is 0 Å². The van der Waals surface area contributed by atoms with Crippen molar-refractivity contribution in [3.63, 3.8) is 0 Å². The molecule has 3 nitrogen and oxygen atoms in total. The molecule has 1 heterocycles. The fourth-order valence-electron chi connectivity index (χ4n) is 1.98. The highest BCUT2D eigenvalue weighted by Gasteiger charge is 2.16. The van der Waals surface area contributed by atoms with E-state index in [-0.39, 0.29) is 18.0 Å². The largest absolute Gasteiger partial charge is 0.294 e. The third-order valence-electron chi connectivity index (χ3n) is 2.92. The predicted octanol–water partition coefficient (Wildman–Crippen LogP) is 3.31. The molecule has 2 aromatic rings. The maximum absolute atomic E-state index is 13.4. The van der Waals surface area contributed by atoms with Crippen molar-refractivity contribution >= 4 is 21.7 Å². The predicted molar refractivity (Wildman–Crippen MR) is 74.7 cm³/mol. The first kappa shape index (κ1) is 13.9. The minimum Gasteiger partial charge on any atom is -0.294 e. The maximum atomic E-state index is 13.4. The molecule has 0 atom stereocenters. The molecule has 0 fully saturated rings. The van der Waals surface area contributed by atoms with Crippen molar-refractivity contribution in [2.45, 2.75) is 19.8 Å². The lowest BCUT2D eigenvalue weighted by Crippen LogP contribution is -2.06. The highest BCUT2D eigenvalue weighted by Crippen LogP contribution is 2.22. The number of nitrogens with zero attached hydrogens (tertiary/aromatic N) is 2. The van der Waals surface area contributed by atoms with Gasteiger partial charge in [0.1, 0.15) is 5.82 Å². The zero-order valence-electron chi connectivity index (χ0n) is 10.8. The minimum absolute atomic E-state index is 0.0451. The zero-order valence-corrected chi connectivity index (χ0v) is 12.4. The molecule has 100 valence electrons. The SMILES string of the molecule is CCc1nn(C)cc1C(=O)Cc1cccc(F)c1Br. The van der Waals surface area contributed by atoms with Gasteiger partial charge in [0, 0.05) is 19.7 Å². The third kappa shape index (κ3) is 2.92. The van der Waals surface area contributed by atoms with Crippen molar-refractivity contribution in [2.75, 3.05) is 0 Å². The molecular weight excluding hydrogens is 311 g/mol. The number of ketones is 1. The van der Waals surface area contributed by atoms with Crippen molar-refractivity contribution < 1.29 is 9.18 Å². The number of hydrogen-bond acceptors (Lipinski definition) is 2. The van der Waals surface area contributed by atoms with Crippen molar-refractivity contribution in [1.82, 2.24) is 9.78 Å². The molecule has 1 aromatic carbocycles. The van der Waals surface area contributed by atoms with Gasteiger partial charge in [0.05, 0.1) is 15.7 Å². The number of carbonyl (C=O) groups is 1. The second-order valence-corrected chi connectivity index (χ2v) is 5.12. The molecular formula is C14H14BrFN2O. The molecule has 0 N–H and O–H groups in total. The Kier molecular flexibility index (Phi) is 4.14. The second-order valence-electron chi connectivity index (χ2n) is 4.33. The van der Waals surface area contributed by atoms with Gasteiger partial charge in [0.25, 0.3) is 0 Å². The summed E-state index contributed by atoms with van der Waals surface area (Å²) in [5, 5.41) is 4.24. The normalized spacial score (nSPS) is 10.7. The molecule has 0 amide bonds. The zero-order chi connectivity index (χ0) is 14.0. The number of aryl methyl sites for hydroxylation is 2. The van der Waals surface area contributed by atoms with Gasteiger partial charge in [-0.1, -0.05) is 19.1 Å². The molecule has 19 heavy (non-hydrogen) atoms. The average molecular weight is 325 g/mol. The Morgan fingerprint density at radius 3 is 2.89 bits per heavy atom. The molecule has 1 aromatic heterocycles. The molecule has 0 unspecified atom stereocenters. The van der Waals surface area contributed by atoms with E-state index in [0.29, 0.717) is 22.0 Å². The van der Waals surface area contributed by atoms with Gasteiger partial charge in [-0.25, -0.2) is 4.39 Å². The first-order valence-electron chi connectivity index (χ1n) is 6.01. The van der Waals surface area contributed by atoms with Crippen LogP contribution in [0.2, 0.25) is 0 Å². The van der Waals surface area contributed by atoms with E-state index in [9.17, 15) is 9.18 Å². The highest BCUT2D eigenvalue weighted by molar-refractivity contribution is 9.10. The molecule has 0 saturated carbocycles. The van der Waals surface area contributed by atoms with Crippen LogP contribution in [0.1, 0.15) is 28.5 Å². The van der Waals surface area contributed by atoms with E-state index in [1.165, 1.54) is 6.07 Å². The van der Waals surface area contributed by atoms with Crippen LogP contribution in [0, 0.1) is 5.82 Å². The van der Waals surface area contributed by atoms with Crippen LogP contribution in [0.5, 0.6) is 0 Å². The number of halogens is 2. The summed E-state index contributed by atoms with van der Waals surface area (Å²) in [6, 6.07) is 4.71. The van der Waals surface area contributed by atoms with E-state index >= 15 is 0 Å².